The van der Waals surface area contributed by atoms with E-state index >= 15 is 0 Å². The van der Waals surface area contributed by atoms with E-state index in [1.165, 1.54) is 123 Å². The first-order chi connectivity index (χ1) is 58.2. The molecule has 0 bridgehead atoms. The van der Waals surface area contributed by atoms with Gasteiger partial charge >= 0.3 is 18.5 Å². The smallest absolute Gasteiger partial charge is 0.291 e. The molecule has 12 aromatic rings. The second kappa shape index (κ2) is 31.0. The molecule has 3 aromatic carbocycles. The maximum absolute atomic E-state index is 14.2. The van der Waals surface area contributed by atoms with Gasteiger partial charge in [0.15, 0.2) is 22.4 Å². The number of rotatable bonds is 15. The quantitative estimate of drug-likeness (QED) is 0.0680. The number of ketones is 3. The second-order valence-corrected chi connectivity index (χ2v) is 35.4. The number of aryl methyl sites for hydroxylation is 3. The number of halogens is 12. The van der Waals surface area contributed by atoms with Crippen molar-refractivity contribution in [2.45, 2.75) is 72.1 Å². The van der Waals surface area contributed by atoms with Crippen molar-refractivity contribution in [3.05, 3.63) is 267 Å². The van der Waals surface area contributed by atoms with Crippen molar-refractivity contribution in [2.24, 2.45) is 37.4 Å². The van der Waals surface area contributed by atoms with Gasteiger partial charge in [-0.2, -0.15) is 77.6 Å². The zero-order valence-corrected chi connectivity index (χ0v) is 66.6. The van der Waals surface area contributed by atoms with E-state index in [0.29, 0.717) is 85.8 Å². The number of Topliss-reactive ketones (excluding diaryl/α,β-unsaturated/α-hetero) is 3. The van der Waals surface area contributed by atoms with Crippen LogP contribution in [0.15, 0.2) is 197 Å². The molecule has 0 N–H and O–H groups in total. The van der Waals surface area contributed by atoms with Crippen LogP contribution in [0.25, 0.3) is 35.3 Å². The summed E-state index contributed by atoms with van der Waals surface area (Å²) in [6, 6.07) is 21.3. The number of piperidine rings is 3. The minimum atomic E-state index is -4.71. The van der Waals surface area contributed by atoms with E-state index < -0.39 is 133 Å². The molecule has 3 aliphatic carbocycles. The van der Waals surface area contributed by atoms with E-state index in [0.717, 1.165) is 71.6 Å². The number of fused-ring (bicyclic) bond motifs is 6. The number of carbonyl (C=O) groups excluding carboxylic acids is 3. The summed E-state index contributed by atoms with van der Waals surface area (Å²) in [5.41, 5.74) is -2.29. The first kappa shape index (κ1) is 83.9. The fourth-order valence-electron chi connectivity index (χ4n) is 16.2. The zero-order valence-electron chi connectivity index (χ0n) is 64.1. The highest BCUT2D eigenvalue weighted by molar-refractivity contribution is 7.89. The molecule has 12 heterocycles. The number of aromatic nitrogens is 18. The van der Waals surface area contributed by atoms with Gasteiger partial charge in [-0.15, -0.1) is 15.3 Å². The van der Waals surface area contributed by atoms with Gasteiger partial charge in [-0.25, -0.2) is 57.2 Å². The summed E-state index contributed by atoms with van der Waals surface area (Å²) in [5, 5.41) is 34.9. The average molecular weight is 1760 g/mol. The lowest BCUT2D eigenvalue weighted by Gasteiger charge is -2.44. The Morgan fingerprint density at radius 1 is 0.415 bits per heavy atom. The highest BCUT2D eigenvalue weighted by atomic mass is 32.2. The molecule has 6 aliphatic rings. The number of benzene rings is 3. The van der Waals surface area contributed by atoms with Crippen molar-refractivity contribution >= 4 is 65.6 Å². The van der Waals surface area contributed by atoms with Gasteiger partial charge in [0, 0.05) is 79.0 Å². The third-order valence-corrected chi connectivity index (χ3v) is 27.6. The van der Waals surface area contributed by atoms with E-state index in [9.17, 15) is 92.3 Å². The Morgan fingerprint density at radius 2 is 0.756 bits per heavy atom. The number of alkyl halides is 9. The molecule has 0 spiro atoms. The molecule has 636 valence electrons. The zero-order chi connectivity index (χ0) is 87.5. The van der Waals surface area contributed by atoms with Crippen molar-refractivity contribution in [2.75, 3.05) is 39.3 Å². The predicted octanol–water partition coefficient (Wildman–Crippen LogP) is 10.4. The van der Waals surface area contributed by atoms with Crippen LogP contribution in [0.1, 0.15) is 101 Å². The molecule has 9 aromatic heterocycles. The minimum Gasteiger partial charge on any atom is -0.291 e. The molecular weight excluding hydrogens is 1700 g/mol. The van der Waals surface area contributed by atoms with Crippen LogP contribution in [0, 0.1) is 33.7 Å². The Bertz CT molecular complexity index is 6440. The van der Waals surface area contributed by atoms with Crippen LogP contribution in [-0.2, 0) is 89.0 Å². The van der Waals surface area contributed by atoms with Crippen molar-refractivity contribution < 1.29 is 92.3 Å². The molecule has 3 aliphatic heterocycles. The van der Waals surface area contributed by atoms with Crippen molar-refractivity contribution in [1.82, 2.24) is 102 Å². The maximum atomic E-state index is 14.2. The highest BCUT2D eigenvalue weighted by Gasteiger charge is 2.56. The standard InChI is InChI=1S/3C26H21F4N7O3S/c1-35-23(14-32-34-35)41(39,40)36-9-7-17-11-22-16(13-33-37(22)20-4-2-19(27)3-5-20)12-25(17,15-36)24(38)21-10-18(6-8-31-21)26(28,29)30;1-35-32-14-23(34-35)41(39,40)36-9-7-17-11-22-16(13-33-37(22)20-4-2-19(27)3-5-20)12-25(17,15-36)24(38)21-10-18(6-8-31-21)26(28,29)30;1-35-14-23(33-34-35)41(39,40)36-9-7-17-11-22-16(13-32-37(22)20-4-2-19(27)3-5-20)12-25(17,15-36)24(38)21-10-18(6-8-31-21)26(28,29)30/h3*2-6,8,10-11,13-14H,7,9,12,15H2,1H3/t3*25-/m000/s1. The molecule has 0 amide bonds. The number of pyridine rings is 3. The van der Waals surface area contributed by atoms with Crippen LogP contribution in [-0.4, -0.2) is 184 Å². The van der Waals surface area contributed by atoms with Crippen LogP contribution >= 0.6 is 0 Å². The molecule has 123 heavy (non-hydrogen) atoms. The van der Waals surface area contributed by atoms with Crippen LogP contribution in [0.3, 0.4) is 0 Å². The predicted molar refractivity (Wildman–Crippen MR) is 407 cm³/mol. The van der Waals surface area contributed by atoms with E-state index in [2.05, 4.69) is 61.1 Å². The molecule has 30 nitrogen and oxygen atoms in total. The highest BCUT2D eigenvalue weighted by Crippen LogP contribution is 2.52. The third kappa shape index (κ3) is 15.5. The Hall–Kier alpha value is -12.7. The van der Waals surface area contributed by atoms with Gasteiger partial charge in [-0.1, -0.05) is 27.1 Å². The summed E-state index contributed by atoms with van der Waals surface area (Å²) in [7, 11) is -8.17. The van der Waals surface area contributed by atoms with Crippen LogP contribution < -0.4 is 0 Å². The first-order valence-corrected chi connectivity index (χ1v) is 41.4. The molecule has 18 rings (SSSR count). The fraction of sp³-hybridized carbons (Fsp3) is 0.269. The Morgan fingerprint density at radius 3 is 1.06 bits per heavy atom. The number of hydrogen-bond acceptors (Lipinski definition) is 21. The number of nitrogens with zero attached hydrogens (tertiary/aromatic N) is 21. The normalized spacial score (nSPS) is 19.4. The van der Waals surface area contributed by atoms with Gasteiger partial charge in [0.25, 0.3) is 30.1 Å². The lowest BCUT2D eigenvalue weighted by Crippen LogP contribution is -2.53. The summed E-state index contributed by atoms with van der Waals surface area (Å²) in [6.07, 6.45) is 1.91. The van der Waals surface area contributed by atoms with Gasteiger partial charge in [-0.3, -0.25) is 34.0 Å². The average Bonchev–Trinajstić information content (AvgIpc) is 1.72. The molecule has 45 heteroatoms. The van der Waals surface area contributed by atoms with E-state index in [1.807, 2.05) is 0 Å². The summed E-state index contributed by atoms with van der Waals surface area (Å²) in [5.74, 6) is -3.50. The SMILES string of the molecule is Cn1cc(S(=O)(=O)N2CCC3=Cc4c(cnn4-c4ccc(F)cc4)C[C@]3(C(=O)c3cc(C(F)(F)F)ccn3)C2)nn1.Cn1ncc(S(=O)(=O)N2CCC3=Cc4c(cnn4-c4ccc(F)cc4)C[C@]3(C(=O)c3cc(C(F)(F)F)ccn3)C2)n1.Cn1nncc1S(=O)(=O)N1CCC2=Cc3c(cnn3-c3ccc(F)cc3)C[C@]2(C(=O)c2cc(C(F)(F)F)ccn2)C1. The topological polar surface area (TPSA) is 348 Å². The van der Waals surface area contributed by atoms with Crippen LogP contribution in [0.4, 0.5) is 52.7 Å². The number of sulfonamides is 3. The lowest BCUT2D eigenvalue weighted by atomic mass is 9.65. The molecule has 0 unspecified atom stereocenters. The number of carbonyl (C=O) groups is 3. The molecular formula is C78H63F12N21O9S3. The monoisotopic (exact) mass is 1760 g/mol. The van der Waals surface area contributed by atoms with E-state index in [4.69, 9.17) is 0 Å². The summed E-state index contributed by atoms with van der Waals surface area (Å²) in [4.78, 5) is 55.5. The van der Waals surface area contributed by atoms with Gasteiger partial charge in [0.05, 0.1) is 104 Å². The summed E-state index contributed by atoms with van der Waals surface area (Å²) in [6.45, 7) is -1.05. The third-order valence-electron chi connectivity index (χ3n) is 22.3. The van der Waals surface area contributed by atoms with E-state index in [1.54, 1.807) is 32.3 Å². The largest absolute Gasteiger partial charge is 0.416 e. The molecule has 3 atom stereocenters. The van der Waals surface area contributed by atoms with Crippen LogP contribution in [0.2, 0.25) is 0 Å². The Kier molecular flexibility index (Phi) is 21.2. The number of hydrogen-bond donors (Lipinski definition) is 0. The second-order valence-electron chi connectivity index (χ2n) is 29.7. The van der Waals surface area contributed by atoms with Gasteiger partial charge in [0.2, 0.25) is 10.1 Å². The van der Waals surface area contributed by atoms with Crippen molar-refractivity contribution in [3.63, 3.8) is 0 Å². The molecule has 0 radical (unpaired) electrons. The molecule has 0 saturated carbocycles. The lowest BCUT2D eigenvalue weighted by molar-refractivity contribution is -0.138. The first-order valence-electron chi connectivity index (χ1n) is 37.1. The Balaban J connectivity index is 0.000000137. The van der Waals surface area contributed by atoms with Crippen molar-refractivity contribution in [1.29, 1.82) is 0 Å². The fourth-order valence-corrected chi connectivity index (χ4v) is 20.5. The van der Waals surface area contributed by atoms with E-state index in [-0.39, 0.29) is 92.9 Å². The minimum absolute atomic E-state index is 0.00416. The van der Waals surface area contributed by atoms with Gasteiger partial charge < -0.3 is 0 Å². The van der Waals surface area contributed by atoms with Crippen LogP contribution in [0.5, 0.6) is 0 Å². The molecule has 3 saturated heterocycles. The Labute approximate surface area is 689 Å². The summed E-state index contributed by atoms with van der Waals surface area (Å²) < 4.78 is 254. The van der Waals surface area contributed by atoms with Crippen molar-refractivity contribution in [3.8, 4) is 17.1 Å². The van der Waals surface area contributed by atoms with Gasteiger partial charge in [0.1, 0.15) is 34.5 Å². The van der Waals surface area contributed by atoms with Gasteiger partial charge in [-0.05, 0) is 183 Å². The maximum Gasteiger partial charge on any atom is 0.416 e. The summed E-state index contributed by atoms with van der Waals surface area (Å²) >= 11 is 0. The molecule has 3 fully saturated rings.